The summed E-state index contributed by atoms with van der Waals surface area (Å²) in [5.41, 5.74) is 0. The molecule has 0 spiro atoms. The van der Waals surface area contributed by atoms with Crippen molar-refractivity contribution in [1.82, 2.24) is 26.6 Å². The van der Waals surface area contributed by atoms with Crippen LogP contribution in [0.5, 0.6) is 0 Å². The van der Waals surface area contributed by atoms with Crippen LogP contribution in [0.25, 0.3) is 0 Å². The summed E-state index contributed by atoms with van der Waals surface area (Å²) >= 11 is 0. The molecule has 0 radical (unpaired) electrons. The minimum Gasteiger partial charge on any atom is -0.357 e. The van der Waals surface area contributed by atoms with Crippen molar-refractivity contribution in [2.24, 2.45) is 17.8 Å². The van der Waals surface area contributed by atoms with Gasteiger partial charge in [0.1, 0.15) is 12.1 Å². The molecule has 326 valence electrons. The molecule has 0 aliphatic rings. The molecule has 5 amide bonds. The average Bonchev–Trinajstić information content (AvgIpc) is 3.18. The number of carbonyl (C=O) groups excluding carboxylic acids is 6. The van der Waals surface area contributed by atoms with Crippen LogP contribution in [0.2, 0.25) is 0 Å². The topological polar surface area (TPSA) is 163 Å². The molecule has 0 aromatic heterocycles. The van der Waals surface area contributed by atoms with Crippen LogP contribution in [-0.4, -0.2) is 67.0 Å². The summed E-state index contributed by atoms with van der Waals surface area (Å²) in [6.45, 7) is 14.8. The number of unbranched alkanes of at least 4 members (excludes halogenated alkanes) is 11. The summed E-state index contributed by atoms with van der Waals surface area (Å²) in [4.78, 5) is 78.4. The lowest BCUT2D eigenvalue weighted by Crippen LogP contribution is -2.54. The smallest absolute Gasteiger partial charge is 0.243 e. The van der Waals surface area contributed by atoms with Crippen LogP contribution in [0.3, 0.4) is 0 Å². The van der Waals surface area contributed by atoms with Crippen molar-refractivity contribution in [3.8, 4) is 0 Å². The summed E-state index contributed by atoms with van der Waals surface area (Å²) in [5, 5.41) is 14.6. The van der Waals surface area contributed by atoms with E-state index in [0.717, 1.165) is 103 Å². The quantitative estimate of drug-likeness (QED) is 0.0402. The molecule has 6 unspecified atom stereocenters. The molecule has 5 N–H and O–H groups in total. The second-order valence-electron chi connectivity index (χ2n) is 16.3. The predicted octanol–water partition coefficient (Wildman–Crippen LogP) is 8.22. The largest absolute Gasteiger partial charge is 0.357 e. The normalized spacial score (nSPS) is 14.4. The lowest BCUT2D eigenvalue weighted by atomic mass is 9.97. The van der Waals surface area contributed by atoms with Crippen LogP contribution in [0.1, 0.15) is 203 Å². The van der Waals surface area contributed by atoms with Gasteiger partial charge in [-0.15, -0.1) is 0 Å². The van der Waals surface area contributed by atoms with Crippen LogP contribution in [0.4, 0.5) is 0 Å². The zero-order valence-corrected chi connectivity index (χ0v) is 37.1. The van der Waals surface area contributed by atoms with E-state index < -0.39 is 18.1 Å². The molecule has 0 fully saturated rings. The Labute approximate surface area is 342 Å². The maximum atomic E-state index is 13.5. The summed E-state index contributed by atoms with van der Waals surface area (Å²) < 4.78 is 0. The van der Waals surface area contributed by atoms with Gasteiger partial charge in [-0.25, -0.2) is 0 Å². The minimum absolute atomic E-state index is 0.00145. The molecule has 0 aliphatic heterocycles. The average molecular weight is 792 g/mol. The number of ketones is 1. The highest BCUT2D eigenvalue weighted by Gasteiger charge is 2.28. The van der Waals surface area contributed by atoms with Gasteiger partial charge >= 0.3 is 0 Å². The predicted molar refractivity (Wildman–Crippen MR) is 229 cm³/mol. The molecule has 56 heavy (non-hydrogen) atoms. The van der Waals surface area contributed by atoms with Crippen LogP contribution in [-0.2, 0) is 28.8 Å². The number of nitrogens with one attached hydrogen (secondary N) is 5. The standard InChI is InChI=1S/C45H85N5O6/c1-9-13-18-26-34(5)41(52)47-33-25-24-29-37(48-42(53)35(6)27-19-14-10-2)40(51)32-23-17-22-31-38(44(55)46-8)50-45(56)39(30-21-16-12-4)49-43(54)36(7)28-20-15-11-3/h34-39H,9-33H2,1-8H3,(H,46,55)(H,47,52)(H,48,53)(H,49,54)(H,50,56). The summed E-state index contributed by atoms with van der Waals surface area (Å²) in [5.74, 6) is -1.16. The molecule has 11 heteroatoms. The number of amides is 5. The van der Waals surface area contributed by atoms with Crippen molar-refractivity contribution in [2.45, 2.75) is 221 Å². The molecule has 0 saturated carbocycles. The van der Waals surface area contributed by atoms with Crippen LogP contribution < -0.4 is 26.6 Å². The number of hydrogen-bond donors (Lipinski definition) is 5. The Kier molecular flexibility index (Phi) is 32.3. The third-order valence-corrected chi connectivity index (χ3v) is 11.0. The zero-order valence-electron chi connectivity index (χ0n) is 37.1. The maximum absolute atomic E-state index is 13.5. The van der Waals surface area contributed by atoms with Crippen LogP contribution >= 0.6 is 0 Å². The molecule has 0 aromatic rings. The van der Waals surface area contributed by atoms with Gasteiger partial charge in [-0.1, -0.05) is 138 Å². The lowest BCUT2D eigenvalue weighted by Gasteiger charge is -2.24. The Morgan fingerprint density at radius 3 is 1.25 bits per heavy atom. The van der Waals surface area contributed by atoms with E-state index in [4.69, 9.17) is 0 Å². The first-order chi connectivity index (χ1) is 26.9. The van der Waals surface area contributed by atoms with E-state index in [-0.39, 0.29) is 53.1 Å². The first kappa shape index (κ1) is 53.0. The highest BCUT2D eigenvalue weighted by molar-refractivity contribution is 5.92. The van der Waals surface area contributed by atoms with E-state index in [1.807, 2.05) is 20.8 Å². The van der Waals surface area contributed by atoms with E-state index in [1.165, 1.54) is 0 Å². The van der Waals surface area contributed by atoms with Gasteiger partial charge in [0.15, 0.2) is 5.78 Å². The van der Waals surface area contributed by atoms with Crippen molar-refractivity contribution >= 4 is 35.3 Å². The summed E-state index contributed by atoms with van der Waals surface area (Å²) in [6, 6.07) is -2.03. The SMILES string of the molecule is CCCCCC(C)C(=O)NCCCCC(NC(=O)C(C)CCCCC)C(=O)CCCCCC(NC(=O)C(CCCCC)NC(=O)C(C)CCCCC)C(=O)NC. The van der Waals surface area contributed by atoms with Crippen molar-refractivity contribution in [1.29, 1.82) is 0 Å². The lowest BCUT2D eigenvalue weighted by molar-refractivity contribution is -0.133. The van der Waals surface area contributed by atoms with Gasteiger partial charge in [-0.2, -0.15) is 0 Å². The van der Waals surface area contributed by atoms with Crippen LogP contribution in [0, 0.1) is 17.8 Å². The number of carbonyl (C=O) groups is 6. The first-order valence-electron chi connectivity index (χ1n) is 22.8. The third kappa shape index (κ3) is 25.3. The fraction of sp³-hybridized carbons (Fsp3) is 0.867. The van der Waals surface area contributed by atoms with Gasteiger partial charge in [0.05, 0.1) is 6.04 Å². The minimum atomic E-state index is -0.753. The van der Waals surface area contributed by atoms with Gasteiger partial charge in [-0.3, -0.25) is 28.8 Å². The monoisotopic (exact) mass is 792 g/mol. The van der Waals surface area contributed by atoms with E-state index in [2.05, 4.69) is 54.3 Å². The van der Waals surface area contributed by atoms with E-state index in [1.54, 1.807) is 7.05 Å². The Bertz CT molecular complexity index is 1100. The van der Waals surface area contributed by atoms with Gasteiger partial charge in [0, 0.05) is 37.8 Å². The van der Waals surface area contributed by atoms with E-state index >= 15 is 0 Å². The maximum Gasteiger partial charge on any atom is 0.243 e. The number of hydrogen-bond acceptors (Lipinski definition) is 6. The second kappa shape index (κ2) is 34.1. The van der Waals surface area contributed by atoms with Crippen molar-refractivity contribution in [3.05, 3.63) is 0 Å². The zero-order chi connectivity index (χ0) is 42.1. The second-order valence-corrected chi connectivity index (χ2v) is 16.3. The highest BCUT2D eigenvalue weighted by Crippen LogP contribution is 2.16. The van der Waals surface area contributed by atoms with E-state index in [9.17, 15) is 28.8 Å². The van der Waals surface area contributed by atoms with Crippen LogP contribution in [0.15, 0.2) is 0 Å². The molecule has 0 bridgehead atoms. The Morgan fingerprint density at radius 2 is 0.768 bits per heavy atom. The third-order valence-electron chi connectivity index (χ3n) is 11.0. The van der Waals surface area contributed by atoms with Gasteiger partial charge < -0.3 is 26.6 Å². The fourth-order valence-corrected chi connectivity index (χ4v) is 6.88. The Hall–Kier alpha value is -2.98. The molecule has 6 atom stereocenters. The fourth-order valence-electron chi connectivity index (χ4n) is 6.88. The first-order valence-corrected chi connectivity index (χ1v) is 22.8. The number of likely N-dealkylation sites (N-methyl/N-ethyl adjacent to an activating group) is 1. The molecule has 0 saturated heterocycles. The molecular formula is C45H85N5O6. The number of Topliss-reactive ketones (excluding diaryl/α,β-unsaturated/α-hetero) is 1. The highest BCUT2D eigenvalue weighted by atomic mass is 16.2. The van der Waals surface area contributed by atoms with E-state index in [0.29, 0.717) is 57.9 Å². The summed E-state index contributed by atoms with van der Waals surface area (Å²) in [7, 11) is 1.54. The Balaban J connectivity index is 5.28. The molecule has 0 aromatic carbocycles. The van der Waals surface area contributed by atoms with Gasteiger partial charge in [0.2, 0.25) is 29.5 Å². The molecule has 11 nitrogen and oxygen atoms in total. The Morgan fingerprint density at radius 1 is 0.393 bits per heavy atom. The van der Waals surface area contributed by atoms with Crippen molar-refractivity contribution in [3.63, 3.8) is 0 Å². The molecule has 0 aliphatic carbocycles. The van der Waals surface area contributed by atoms with Gasteiger partial charge in [-0.05, 0) is 57.8 Å². The van der Waals surface area contributed by atoms with Gasteiger partial charge in [0.25, 0.3) is 0 Å². The molecule has 0 heterocycles. The summed E-state index contributed by atoms with van der Waals surface area (Å²) in [6.07, 6.45) is 19.8. The molecular weight excluding hydrogens is 707 g/mol. The number of rotatable bonds is 36. The van der Waals surface area contributed by atoms with Crippen molar-refractivity contribution in [2.75, 3.05) is 13.6 Å². The van der Waals surface area contributed by atoms with Crippen molar-refractivity contribution < 1.29 is 28.8 Å². The molecule has 0 rings (SSSR count).